The number of hydrogen-bond acceptors (Lipinski definition) is 0. The van der Waals surface area contributed by atoms with Crippen LogP contribution in [0.2, 0.25) is 0 Å². The highest BCUT2D eigenvalue weighted by Crippen LogP contribution is 2.25. The maximum Gasteiger partial charge on any atom is -0.0105 e. The topological polar surface area (TPSA) is 0 Å². The van der Waals surface area contributed by atoms with Crippen LogP contribution in [-0.4, -0.2) is 0 Å². The van der Waals surface area contributed by atoms with Crippen molar-refractivity contribution in [1.29, 1.82) is 0 Å². The molecule has 50 heavy (non-hydrogen) atoms. The second kappa shape index (κ2) is 29.0. The zero-order valence-electron chi connectivity index (χ0n) is 33.2. The molecule has 0 saturated carbocycles. The molecule has 0 fully saturated rings. The molecule has 0 saturated heterocycles. The minimum absolute atomic E-state index is 1.31. The third-order valence-electron chi connectivity index (χ3n) is 6.93. The van der Waals surface area contributed by atoms with Crippen molar-refractivity contribution in [2.24, 2.45) is 0 Å². The van der Waals surface area contributed by atoms with E-state index in [9.17, 15) is 0 Å². The Morgan fingerprint density at radius 1 is 0.180 bits per heavy atom. The lowest BCUT2D eigenvalue weighted by Gasteiger charge is -2.02. The third-order valence-corrected chi connectivity index (χ3v) is 6.93. The first-order chi connectivity index (χ1) is 24.8. The fourth-order valence-electron chi connectivity index (χ4n) is 4.97. The van der Waals surface area contributed by atoms with Gasteiger partial charge in [-0.2, -0.15) is 0 Å². The van der Waals surface area contributed by atoms with E-state index in [1.807, 2.05) is 83.1 Å². The van der Waals surface area contributed by atoms with E-state index in [-0.39, 0.29) is 0 Å². The molecule has 0 radical (unpaired) electrons. The molecule has 0 heteroatoms. The van der Waals surface area contributed by atoms with Gasteiger partial charge in [0.2, 0.25) is 0 Å². The minimum Gasteiger partial charge on any atom is -0.0683 e. The van der Waals surface area contributed by atoms with Crippen molar-refractivity contribution in [3.8, 4) is 0 Å². The first-order valence-corrected chi connectivity index (χ1v) is 19.0. The summed E-state index contributed by atoms with van der Waals surface area (Å²) >= 11 is 0. The standard InChI is InChI=1S/2C14H10.C10H8.6C2H6/c1-3-7-13-11(5-1)9-10-12-6-2-4-8-14(12)13;1-2-6-12-10-14-8-4-3-7-13(14)9-11(12)5-1;1-2-6-10-8-4-3-7-9(10)5-1;6*1-2/h2*1-10H;1-8H;6*1-2H3. The molecule has 0 amide bonds. The molecule has 264 valence electrons. The molecule has 0 spiro atoms. The predicted octanol–water partition coefficient (Wildman–Crippen LogP) is 17.0. The molecule has 0 aromatic heterocycles. The maximum absolute atomic E-state index is 2.24. The predicted molar refractivity (Wildman–Crippen MR) is 235 cm³/mol. The fraction of sp³-hybridized carbons (Fsp3) is 0.240. The van der Waals surface area contributed by atoms with Gasteiger partial charge in [-0.05, 0) is 66.0 Å². The van der Waals surface area contributed by atoms with Crippen molar-refractivity contribution in [3.05, 3.63) is 170 Å². The summed E-state index contributed by atoms with van der Waals surface area (Å²) in [6.45, 7) is 24.0. The zero-order chi connectivity index (χ0) is 37.6. The van der Waals surface area contributed by atoms with Crippen molar-refractivity contribution in [3.63, 3.8) is 0 Å². The molecule has 0 nitrogen and oxygen atoms in total. The zero-order valence-corrected chi connectivity index (χ0v) is 33.2. The quantitative estimate of drug-likeness (QED) is 0.112. The van der Waals surface area contributed by atoms with Crippen molar-refractivity contribution in [1.82, 2.24) is 0 Å². The Morgan fingerprint density at radius 2 is 0.360 bits per heavy atom. The molecule has 0 atom stereocenters. The SMILES string of the molecule is CC.CC.CC.CC.CC.CC.c1ccc2c(c1)ccc1ccccc12.c1ccc2cc3ccccc3cc2c1.c1ccc2ccccc2c1. The van der Waals surface area contributed by atoms with Crippen LogP contribution in [0.3, 0.4) is 0 Å². The molecule has 8 rings (SSSR count). The molecule has 0 N–H and O–H groups in total. The van der Waals surface area contributed by atoms with Gasteiger partial charge in [0, 0.05) is 0 Å². The monoisotopic (exact) mass is 665 g/mol. The highest BCUT2D eigenvalue weighted by molar-refractivity contribution is 6.07. The Labute approximate surface area is 305 Å². The second-order valence-corrected chi connectivity index (χ2v) is 9.40. The molecule has 0 heterocycles. The first-order valence-electron chi connectivity index (χ1n) is 19.0. The van der Waals surface area contributed by atoms with Crippen LogP contribution in [0.1, 0.15) is 83.1 Å². The van der Waals surface area contributed by atoms with Crippen molar-refractivity contribution in [2.75, 3.05) is 0 Å². The van der Waals surface area contributed by atoms with Gasteiger partial charge in [-0.1, -0.05) is 241 Å². The van der Waals surface area contributed by atoms with Gasteiger partial charge >= 0.3 is 0 Å². The summed E-state index contributed by atoms with van der Waals surface area (Å²) in [7, 11) is 0. The summed E-state index contributed by atoms with van der Waals surface area (Å²) in [5.41, 5.74) is 0. The van der Waals surface area contributed by atoms with Crippen LogP contribution in [0, 0.1) is 0 Å². The minimum atomic E-state index is 1.31. The number of fused-ring (bicyclic) bond motifs is 6. The van der Waals surface area contributed by atoms with Gasteiger partial charge in [0.25, 0.3) is 0 Å². The molecule has 0 aliphatic rings. The van der Waals surface area contributed by atoms with E-state index in [0.717, 1.165) is 0 Å². The molecule has 8 aromatic rings. The summed E-state index contributed by atoms with van der Waals surface area (Å²) in [5.74, 6) is 0. The average molecular weight is 665 g/mol. The van der Waals surface area contributed by atoms with E-state index in [0.29, 0.717) is 0 Å². The Hall–Kier alpha value is -4.94. The van der Waals surface area contributed by atoms with Crippen molar-refractivity contribution in [2.45, 2.75) is 83.1 Å². The van der Waals surface area contributed by atoms with Crippen LogP contribution in [0.25, 0.3) is 53.9 Å². The Morgan fingerprint density at radius 3 is 0.600 bits per heavy atom. The lowest BCUT2D eigenvalue weighted by atomic mass is 10.0. The second-order valence-electron chi connectivity index (χ2n) is 9.40. The number of rotatable bonds is 0. The van der Waals surface area contributed by atoms with Crippen LogP contribution >= 0.6 is 0 Å². The Kier molecular flexibility index (Phi) is 26.2. The Bertz CT molecular complexity index is 1740. The van der Waals surface area contributed by atoms with E-state index in [1.54, 1.807) is 0 Å². The largest absolute Gasteiger partial charge is 0.0683 e. The van der Waals surface area contributed by atoms with E-state index >= 15 is 0 Å². The van der Waals surface area contributed by atoms with Gasteiger partial charge in [-0.25, -0.2) is 0 Å². The lowest BCUT2D eigenvalue weighted by molar-refractivity contribution is 1.50. The highest BCUT2D eigenvalue weighted by atomic mass is 14.0. The number of hydrogen-bond donors (Lipinski definition) is 0. The van der Waals surface area contributed by atoms with Gasteiger partial charge in [-0.3, -0.25) is 0 Å². The molecular formula is C50H64. The summed E-state index contributed by atoms with van der Waals surface area (Å²) < 4.78 is 0. The van der Waals surface area contributed by atoms with Gasteiger partial charge in [0.05, 0.1) is 0 Å². The first kappa shape index (κ1) is 45.1. The third kappa shape index (κ3) is 13.9. The molecule has 0 bridgehead atoms. The van der Waals surface area contributed by atoms with Crippen LogP contribution < -0.4 is 0 Å². The normalized spacial score (nSPS) is 8.80. The van der Waals surface area contributed by atoms with Crippen LogP contribution in [0.5, 0.6) is 0 Å². The van der Waals surface area contributed by atoms with Crippen LogP contribution in [-0.2, 0) is 0 Å². The highest BCUT2D eigenvalue weighted by Gasteiger charge is 1.97. The molecule has 0 unspecified atom stereocenters. The lowest BCUT2D eigenvalue weighted by Crippen LogP contribution is -1.75. The fourth-order valence-corrected chi connectivity index (χ4v) is 4.97. The Balaban J connectivity index is 0.000000632. The summed E-state index contributed by atoms with van der Waals surface area (Å²) in [6, 6.07) is 59.5. The van der Waals surface area contributed by atoms with Gasteiger partial charge in [0.1, 0.15) is 0 Å². The number of benzene rings is 8. The van der Waals surface area contributed by atoms with E-state index < -0.39 is 0 Å². The van der Waals surface area contributed by atoms with Crippen molar-refractivity contribution < 1.29 is 0 Å². The van der Waals surface area contributed by atoms with Crippen molar-refractivity contribution >= 4 is 53.9 Å². The maximum atomic E-state index is 2.24. The molecule has 0 aliphatic heterocycles. The van der Waals surface area contributed by atoms with Gasteiger partial charge in [0.15, 0.2) is 0 Å². The van der Waals surface area contributed by atoms with Gasteiger partial charge < -0.3 is 0 Å². The molecule has 8 aromatic carbocycles. The molecule has 0 aliphatic carbocycles. The summed E-state index contributed by atoms with van der Waals surface area (Å²) in [5, 5.41) is 13.2. The van der Waals surface area contributed by atoms with E-state index in [4.69, 9.17) is 0 Å². The summed E-state index contributed by atoms with van der Waals surface area (Å²) in [4.78, 5) is 0. The van der Waals surface area contributed by atoms with Crippen LogP contribution in [0.4, 0.5) is 0 Å². The molecular weight excluding hydrogens is 601 g/mol. The smallest absolute Gasteiger partial charge is 0.0105 e. The van der Waals surface area contributed by atoms with Gasteiger partial charge in [-0.15, -0.1) is 0 Å². The average Bonchev–Trinajstić information content (AvgIpc) is 3.25. The van der Waals surface area contributed by atoms with E-state index in [1.165, 1.54) is 53.9 Å². The van der Waals surface area contributed by atoms with E-state index in [2.05, 4.69) is 170 Å². The summed E-state index contributed by atoms with van der Waals surface area (Å²) in [6.07, 6.45) is 0. The van der Waals surface area contributed by atoms with Crippen LogP contribution in [0.15, 0.2) is 170 Å².